The number of aliphatic hydroxyl groups is 1. The zero-order chi connectivity index (χ0) is 13.5. The van der Waals surface area contributed by atoms with Crippen molar-refractivity contribution in [2.45, 2.75) is 53.1 Å². The van der Waals surface area contributed by atoms with Crippen molar-refractivity contribution < 1.29 is 5.11 Å². The largest absolute Gasteiger partial charge is 0.388 e. The molecule has 1 N–H and O–H groups in total. The monoisotopic (exact) mass is 266 g/mol. The molecule has 1 nitrogen and oxygen atoms in total. The second kappa shape index (κ2) is 4.86. The number of aliphatic hydroxyl groups excluding tert-OH is 1. The molecule has 1 aliphatic rings. The normalized spacial score (nSPS) is 24.2. The van der Waals surface area contributed by atoms with Crippen molar-refractivity contribution >= 4 is 11.6 Å². The first kappa shape index (κ1) is 13.9. The van der Waals surface area contributed by atoms with E-state index in [9.17, 15) is 5.11 Å². The summed E-state index contributed by atoms with van der Waals surface area (Å²) in [6.07, 6.45) is 3.06. The molecule has 0 aromatic heterocycles. The van der Waals surface area contributed by atoms with Gasteiger partial charge in [-0.2, -0.15) is 0 Å². The van der Waals surface area contributed by atoms with E-state index >= 15 is 0 Å². The fourth-order valence-electron chi connectivity index (χ4n) is 3.19. The number of rotatable bonds is 2. The summed E-state index contributed by atoms with van der Waals surface area (Å²) < 4.78 is 0. The van der Waals surface area contributed by atoms with Crippen LogP contribution in [0.4, 0.5) is 0 Å². The molecule has 1 aromatic rings. The summed E-state index contributed by atoms with van der Waals surface area (Å²) in [5.41, 5.74) is 3.49. The molecule has 1 aliphatic carbocycles. The lowest BCUT2D eigenvalue weighted by atomic mass is 9.76. The molecule has 0 aliphatic heterocycles. The first-order chi connectivity index (χ1) is 8.33. The van der Waals surface area contributed by atoms with Gasteiger partial charge < -0.3 is 5.11 Å². The highest BCUT2D eigenvalue weighted by molar-refractivity contribution is 6.31. The first-order valence-corrected chi connectivity index (χ1v) is 7.15. The zero-order valence-electron chi connectivity index (χ0n) is 11.8. The second-order valence-corrected chi connectivity index (χ2v) is 6.80. The number of aryl methyl sites for hydroxylation is 2. The van der Waals surface area contributed by atoms with Crippen LogP contribution < -0.4 is 0 Å². The molecule has 0 heterocycles. The van der Waals surface area contributed by atoms with Crippen LogP contribution in [0.1, 0.15) is 55.9 Å². The van der Waals surface area contributed by atoms with E-state index in [0.717, 1.165) is 12.0 Å². The molecule has 1 aromatic carbocycles. The molecule has 0 saturated heterocycles. The fourth-order valence-corrected chi connectivity index (χ4v) is 3.52. The van der Waals surface area contributed by atoms with Crippen LogP contribution in [0.25, 0.3) is 0 Å². The summed E-state index contributed by atoms with van der Waals surface area (Å²) >= 11 is 6.31. The van der Waals surface area contributed by atoms with Gasteiger partial charge in [0.25, 0.3) is 0 Å². The van der Waals surface area contributed by atoms with Crippen molar-refractivity contribution in [1.29, 1.82) is 0 Å². The van der Waals surface area contributed by atoms with E-state index in [4.69, 9.17) is 11.6 Å². The lowest BCUT2D eigenvalue weighted by Gasteiger charge is -2.32. The average molecular weight is 267 g/mol. The Morgan fingerprint density at radius 2 is 1.89 bits per heavy atom. The zero-order valence-corrected chi connectivity index (χ0v) is 12.5. The van der Waals surface area contributed by atoms with Crippen LogP contribution in [-0.2, 0) is 0 Å². The molecule has 1 fully saturated rings. The molecule has 2 rings (SSSR count). The number of hydrogen-bond donors (Lipinski definition) is 1. The van der Waals surface area contributed by atoms with E-state index in [1.54, 1.807) is 0 Å². The lowest BCUT2D eigenvalue weighted by molar-refractivity contribution is 0.0532. The van der Waals surface area contributed by atoms with E-state index < -0.39 is 6.10 Å². The Morgan fingerprint density at radius 3 is 2.44 bits per heavy atom. The molecular formula is C16H23ClO. The summed E-state index contributed by atoms with van der Waals surface area (Å²) in [5.74, 6) is 0.317. The van der Waals surface area contributed by atoms with E-state index in [1.807, 2.05) is 6.07 Å². The minimum atomic E-state index is -0.436. The van der Waals surface area contributed by atoms with Crippen molar-refractivity contribution in [3.63, 3.8) is 0 Å². The van der Waals surface area contributed by atoms with Gasteiger partial charge in [-0.15, -0.1) is 0 Å². The summed E-state index contributed by atoms with van der Waals surface area (Å²) in [6, 6.07) is 4.02. The van der Waals surface area contributed by atoms with Gasteiger partial charge in [0.1, 0.15) is 0 Å². The summed E-state index contributed by atoms with van der Waals surface area (Å²) in [5, 5.41) is 11.4. The van der Waals surface area contributed by atoms with Crippen molar-refractivity contribution in [1.82, 2.24) is 0 Å². The Morgan fingerprint density at radius 1 is 1.28 bits per heavy atom. The quantitative estimate of drug-likeness (QED) is 0.814. The second-order valence-electron chi connectivity index (χ2n) is 6.39. The van der Waals surface area contributed by atoms with Crippen molar-refractivity contribution in [3.05, 3.63) is 33.8 Å². The highest BCUT2D eigenvalue weighted by atomic mass is 35.5. The Bertz CT molecular complexity index is 451. The van der Waals surface area contributed by atoms with Gasteiger partial charge >= 0.3 is 0 Å². The Kier molecular flexibility index (Phi) is 3.75. The topological polar surface area (TPSA) is 20.2 Å². The smallest absolute Gasteiger partial charge is 0.0837 e. The average Bonchev–Trinajstić information content (AvgIpc) is 2.62. The molecular weight excluding hydrogens is 244 g/mol. The van der Waals surface area contributed by atoms with Gasteiger partial charge in [-0.3, -0.25) is 0 Å². The van der Waals surface area contributed by atoms with Crippen LogP contribution in [0.3, 0.4) is 0 Å². The van der Waals surface area contributed by atoms with Gasteiger partial charge in [-0.25, -0.2) is 0 Å². The van der Waals surface area contributed by atoms with Gasteiger partial charge in [-0.1, -0.05) is 37.9 Å². The number of benzene rings is 1. The number of halogens is 1. The minimum Gasteiger partial charge on any atom is -0.388 e. The fraction of sp³-hybridized carbons (Fsp3) is 0.625. The first-order valence-electron chi connectivity index (χ1n) is 6.77. The third-order valence-corrected chi connectivity index (χ3v) is 4.98. The molecule has 18 heavy (non-hydrogen) atoms. The molecule has 0 bridgehead atoms. The van der Waals surface area contributed by atoms with E-state index in [1.165, 1.54) is 24.0 Å². The maximum absolute atomic E-state index is 10.7. The highest BCUT2D eigenvalue weighted by Crippen LogP contribution is 2.49. The van der Waals surface area contributed by atoms with Gasteiger partial charge in [0, 0.05) is 5.02 Å². The van der Waals surface area contributed by atoms with Crippen molar-refractivity contribution in [2.24, 2.45) is 11.3 Å². The Balaban J connectivity index is 2.34. The Labute approximate surface area is 115 Å². The SMILES string of the molecule is Cc1cc(Cl)c(C(O)C2CCCC2(C)C)cc1C. The van der Waals surface area contributed by atoms with Crippen LogP contribution in [0.15, 0.2) is 12.1 Å². The van der Waals surface area contributed by atoms with E-state index in [0.29, 0.717) is 10.9 Å². The van der Waals surface area contributed by atoms with Gasteiger partial charge in [0.05, 0.1) is 6.10 Å². The van der Waals surface area contributed by atoms with Crippen LogP contribution in [0.5, 0.6) is 0 Å². The predicted octanol–water partition coefficient (Wildman–Crippen LogP) is 4.82. The molecule has 2 atom stereocenters. The predicted molar refractivity (Wildman–Crippen MR) is 77.0 cm³/mol. The lowest BCUT2D eigenvalue weighted by Crippen LogP contribution is -2.24. The van der Waals surface area contributed by atoms with Crippen molar-refractivity contribution in [2.75, 3.05) is 0 Å². The van der Waals surface area contributed by atoms with Crippen molar-refractivity contribution in [3.8, 4) is 0 Å². The molecule has 0 spiro atoms. The van der Waals surface area contributed by atoms with Crippen LogP contribution >= 0.6 is 11.6 Å². The maximum Gasteiger partial charge on any atom is 0.0837 e. The molecule has 0 radical (unpaired) electrons. The van der Waals surface area contributed by atoms with Crippen LogP contribution in [0, 0.1) is 25.2 Å². The number of hydrogen-bond acceptors (Lipinski definition) is 1. The molecule has 0 amide bonds. The molecule has 1 saturated carbocycles. The van der Waals surface area contributed by atoms with Gasteiger partial charge in [0.2, 0.25) is 0 Å². The van der Waals surface area contributed by atoms with E-state index in [2.05, 4.69) is 33.8 Å². The van der Waals surface area contributed by atoms with Gasteiger partial charge in [-0.05, 0) is 60.8 Å². The van der Waals surface area contributed by atoms with Gasteiger partial charge in [0.15, 0.2) is 0 Å². The van der Waals surface area contributed by atoms with Crippen LogP contribution in [0.2, 0.25) is 5.02 Å². The summed E-state index contributed by atoms with van der Waals surface area (Å²) in [7, 11) is 0. The minimum absolute atomic E-state index is 0.210. The maximum atomic E-state index is 10.7. The third-order valence-electron chi connectivity index (χ3n) is 4.65. The molecule has 100 valence electrons. The van der Waals surface area contributed by atoms with E-state index in [-0.39, 0.29) is 5.41 Å². The molecule has 2 heteroatoms. The summed E-state index contributed by atoms with van der Waals surface area (Å²) in [4.78, 5) is 0. The summed E-state index contributed by atoms with van der Waals surface area (Å²) in [6.45, 7) is 8.63. The standard InChI is InChI=1S/C16H23ClO/c1-10-8-12(14(17)9-11(10)2)15(18)13-6-5-7-16(13,3)4/h8-9,13,15,18H,5-7H2,1-4H3. The Hall–Kier alpha value is -0.530. The molecule has 2 unspecified atom stereocenters. The van der Waals surface area contributed by atoms with Crippen LogP contribution in [-0.4, -0.2) is 5.11 Å². The highest BCUT2D eigenvalue weighted by Gasteiger charge is 2.40. The third kappa shape index (κ3) is 2.44.